The first-order valence-corrected chi connectivity index (χ1v) is 58.0. The van der Waals surface area contributed by atoms with E-state index < -0.39 is 45.3 Å². The van der Waals surface area contributed by atoms with Crippen molar-refractivity contribution in [1.82, 2.24) is 9.80 Å². The van der Waals surface area contributed by atoms with Gasteiger partial charge in [0, 0.05) is 55.2 Å². The minimum Gasteiger partial charge on any atom is -0.0622 e. The van der Waals surface area contributed by atoms with Gasteiger partial charge in [0.1, 0.15) is 0 Å². The number of benzene rings is 8. The summed E-state index contributed by atoms with van der Waals surface area (Å²) < 4.78 is 31.4. The van der Waals surface area contributed by atoms with Gasteiger partial charge in [-0.05, 0) is 185 Å². The van der Waals surface area contributed by atoms with Crippen molar-refractivity contribution in [1.29, 1.82) is 0 Å². The number of halogens is 3. The number of carbonyl (C=O) groups is 2. The monoisotopic (exact) mass is 1960 g/mol. The van der Waals surface area contributed by atoms with Crippen molar-refractivity contribution in [3.8, 4) is 21.7 Å². The molecule has 6 aliphatic carbocycles. The van der Waals surface area contributed by atoms with E-state index in [2.05, 4.69) is 271 Å². The van der Waals surface area contributed by atoms with Crippen molar-refractivity contribution >= 4 is 125 Å². The number of methoxy groups -OCH3 is 4. The summed E-state index contributed by atoms with van der Waals surface area (Å²) in [6.07, 6.45) is 23.1. The van der Waals surface area contributed by atoms with Gasteiger partial charge in [-0.2, -0.15) is 0 Å². The number of unbranched alkanes of at least 4 members (excludes halogenated alkanes) is 3. The van der Waals surface area contributed by atoms with Gasteiger partial charge in [0.2, 0.25) is 0 Å². The summed E-state index contributed by atoms with van der Waals surface area (Å²) >= 11 is 1.42. The second-order valence-corrected chi connectivity index (χ2v) is 53.2. The molecule has 0 aromatic heterocycles. The minimum atomic E-state index is -2.07. The number of hydrogen-bond donors (Lipinski definition) is 2. The van der Waals surface area contributed by atoms with Crippen LogP contribution in [0.1, 0.15) is 185 Å². The molecular weight excluding hydrogens is 1830 g/mol. The van der Waals surface area contributed by atoms with Crippen LogP contribution in [0.4, 0.5) is 0 Å². The van der Waals surface area contributed by atoms with Crippen molar-refractivity contribution in [2.75, 3.05) is 41.7 Å². The predicted octanol–water partition coefficient (Wildman–Crippen LogP) is 20.6. The van der Waals surface area contributed by atoms with Crippen molar-refractivity contribution < 1.29 is 44.5 Å². The summed E-state index contributed by atoms with van der Waals surface area (Å²) in [6.45, 7) is 11.8. The van der Waals surface area contributed by atoms with Gasteiger partial charge in [-0.15, -0.1) is 0 Å². The van der Waals surface area contributed by atoms with E-state index >= 15 is 0 Å². The van der Waals surface area contributed by atoms with Gasteiger partial charge in [-0.3, -0.25) is 19.4 Å². The molecule has 4 spiro atoms. The Labute approximate surface area is 749 Å². The molecule has 8 aromatic carbocycles. The van der Waals surface area contributed by atoms with Gasteiger partial charge >= 0.3 is 155 Å². The number of guanidine groups is 2. The summed E-state index contributed by atoms with van der Waals surface area (Å²) in [5.41, 5.74) is 15.7. The Hall–Kier alpha value is -6.02. The quantitative estimate of drug-likeness (QED) is 0.0364. The first kappa shape index (κ1) is 96.2. The first-order valence-electron chi connectivity index (χ1n) is 43.0. The number of nitrogens with two attached hydrogens (primary N) is 2. The van der Waals surface area contributed by atoms with Crippen LogP contribution in [0.15, 0.2) is 233 Å². The third-order valence-electron chi connectivity index (χ3n) is 25.0. The fourth-order valence-corrected chi connectivity index (χ4v) is 37.0. The average molecular weight is 1960 g/mol. The van der Waals surface area contributed by atoms with Gasteiger partial charge in [0.05, 0.1) is 37.5 Å². The van der Waals surface area contributed by atoms with Crippen LogP contribution in [0.5, 0.6) is 0 Å². The molecule has 0 bridgehead atoms. The Morgan fingerprint density at radius 3 is 1.12 bits per heavy atom. The maximum Gasteiger partial charge on any atom is -0.0134 e. The number of ether oxygens (including phenoxy) is 4. The Balaban J connectivity index is 0.000000159. The number of aliphatic imine (C=N–C) groups is 2. The topological polar surface area (TPSA) is 154 Å². The molecule has 4 unspecified atom stereocenters. The molecule has 8 aliphatic rings. The number of fused-ring (bicyclic) bond motifs is 6. The molecule has 2 amide bonds. The zero-order valence-electron chi connectivity index (χ0n) is 71.2. The molecule has 8 aromatic rings. The fourth-order valence-electron chi connectivity index (χ4n) is 18.6. The van der Waals surface area contributed by atoms with Crippen molar-refractivity contribution in [3.63, 3.8) is 0 Å². The normalized spacial score (nSPS) is 22.1. The van der Waals surface area contributed by atoms with Crippen molar-refractivity contribution in [3.05, 3.63) is 251 Å². The van der Waals surface area contributed by atoms with Crippen LogP contribution >= 0.6 is 50.8 Å². The molecule has 2 heterocycles. The molecule has 12 nitrogen and oxygen atoms in total. The Morgan fingerprint density at radius 2 is 0.808 bits per heavy atom. The third-order valence-corrected chi connectivity index (χ3v) is 43.6. The van der Waals surface area contributed by atoms with Crippen LogP contribution in [-0.4, -0.2) is 118 Å². The molecule has 0 radical (unpaired) electrons. The van der Waals surface area contributed by atoms with Crippen LogP contribution in [0.3, 0.4) is 0 Å². The molecule has 0 saturated heterocycles. The minimum absolute atomic E-state index is 0. The molecule has 19 heteroatoms. The third kappa shape index (κ3) is 23.2. The molecule has 642 valence electrons. The summed E-state index contributed by atoms with van der Waals surface area (Å²) in [4.78, 5) is 41.5. The zero-order valence-corrected chi connectivity index (χ0v) is 80.5. The second-order valence-electron chi connectivity index (χ2n) is 33.2. The van der Waals surface area contributed by atoms with Crippen LogP contribution in [-0.2, 0) is 68.4 Å². The van der Waals surface area contributed by atoms with Crippen molar-refractivity contribution in [2.45, 2.75) is 219 Å². The largest absolute Gasteiger partial charge is 0.0622 e. The Bertz CT molecular complexity index is 4410. The van der Waals surface area contributed by atoms with Crippen LogP contribution < -0.4 is 43.3 Å². The first-order chi connectivity index (χ1) is 57.9. The van der Waals surface area contributed by atoms with Gasteiger partial charge < -0.3 is 30.4 Å². The van der Waals surface area contributed by atoms with Crippen LogP contribution in [0.2, 0.25) is 13.3 Å². The maximum absolute atomic E-state index is 14.2. The molecule has 4 N–H and O–H groups in total. The SMILES string of the molecule is C.CCC[CH2][Sn]([C]#CC1CC1)([CH2]CCC)[CH2]CCC.COCC(C)N1C(=O)C2(N=C1N)c1cc(Br)ccc1CC21CCC(OC)CC1.COCC(C)N1C(=O)C2(N=C1N)c1cc(C#CC3CC3)ccc1CC21CCC(OC)CC1.[Cl][Pd][Cl].c1ccc(P(c2ccccc2)c2ccccc2)cc1.c1ccc(P(c2ccccc2)c2ccccc2)cc1. The number of rotatable bonds is 23. The Morgan fingerprint density at radius 1 is 0.492 bits per heavy atom. The van der Waals surface area contributed by atoms with Crippen LogP contribution in [0.25, 0.3) is 0 Å². The Kier molecular flexibility index (Phi) is 37.5. The molecule has 2 aliphatic heterocycles. The maximum atomic E-state index is 14.2. The molecule has 120 heavy (non-hydrogen) atoms. The predicted molar refractivity (Wildman–Crippen MR) is 508 cm³/mol. The van der Waals surface area contributed by atoms with Gasteiger partial charge in [0.25, 0.3) is 11.8 Å². The number of carbonyl (C=O) groups excluding carboxylic acids is 2. The van der Waals surface area contributed by atoms with Gasteiger partial charge in [0.15, 0.2) is 23.0 Å². The van der Waals surface area contributed by atoms with E-state index in [1.807, 2.05) is 19.9 Å². The summed E-state index contributed by atoms with van der Waals surface area (Å²) in [5, 5.41) is 8.39. The summed E-state index contributed by atoms with van der Waals surface area (Å²) in [7, 11) is 15.6. The standard InChI is InChI=1S/C26H33N3O3.C21H28BrN3O3.2C18H15P.C5H5.3C4H9.CH4.2ClH.Pd.Sn/c1-17(16-31-2)29-23(30)26(28-24(29)27)22-14-19(7-6-18-4-5-18)8-9-20(22)15-25(26)12-10-21(32-3)11-13-25;1-13(12-27-2)25-18(26)21(24-19(25)23)17-10-15(22)5-4-14(17)11-20(21)8-6-16(28-3)7-9-20;2*1-4-10-16(11-5-1)19(17-12-6-2-7-13-17)18-14-8-3-9-15-18;1-2-5-3-4-5;3*1-3-4-2;;;;;/h8-9,14,17-18,21H,4-5,10-13,15-16H2,1-3H3,(H2,27,28);4-5,10,13,16H,6-9,11-12H2,1-3H3,(H2,23,24);2*1-15H;5H,3-4H2;3*1,3-4H2,2H3;1H4;2*1H;;/q;;;;;;;;;;;+2;/p-2. The van der Waals surface area contributed by atoms with E-state index in [0.29, 0.717) is 31.1 Å². The zero-order chi connectivity index (χ0) is 84.4. The number of nitrogens with zero attached hydrogens (tertiary/aromatic N) is 4. The van der Waals surface area contributed by atoms with Crippen LogP contribution in [0, 0.1) is 44.4 Å². The van der Waals surface area contributed by atoms with Gasteiger partial charge in [-0.25, -0.2) is 9.98 Å². The molecule has 4 fully saturated rings. The number of amides is 2. The second kappa shape index (κ2) is 46.8. The molecule has 16 rings (SSSR count). The molecule has 4 atom stereocenters. The van der Waals surface area contributed by atoms with E-state index in [4.69, 9.17) is 59.5 Å². The van der Waals surface area contributed by atoms with Gasteiger partial charge in [-0.1, -0.05) is 229 Å². The fraction of sp³-hybridized carbons (Fsp3) is 0.446. The van der Waals surface area contributed by atoms with E-state index in [1.54, 1.807) is 51.5 Å². The number of hydrogen-bond acceptors (Lipinski definition) is 10. The smallest absolute Gasteiger partial charge is 0.0134 e. The van der Waals surface area contributed by atoms with E-state index in [-0.39, 0.29) is 70.3 Å². The van der Waals surface area contributed by atoms with E-state index in [1.165, 1.54) is 107 Å². The molecular formula is C101H127BrCl2N6O6P2PdSn. The average Bonchev–Trinajstić information content (AvgIpc) is 1.53. The van der Waals surface area contributed by atoms with Crippen molar-refractivity contribution in [2.24, 2.45) is 44.1 Å². The molecule has 4 saturated carbocycles. The van der Waals surface area contributed by atoms with E-state index in [0.717, 1.165) is 91.3 Å². The van der Waals surface area contributed by atoms with E-state index in [9.17, 15) is 9.59 Å². The summed E-state index contributed by atoms with van der Waals surface area (Å²) in [5.74, 6) is 12.3. The summed E-state index contributed by atoms with van der Waals surface area (Å²) in [6, 6.07) is 76.9.